The van der Waals surface area contributed by atoms with Crippen molar-refractivity contribution in [1.82, 2.24) is 5.32 Å². The molecule has 0 bridgehead atoms. The summed E-state index contributed by atoms with van der Waals surface area (Å²) in [5.41, 5.74) is -0.0624. The summed E-state index contributed by atoms with van der Waals surface area (Å²) in [4.78, 5) is 11.9. The first-order valence-corrected chi connectivity index (χ1v) is 5.79. The highest BCUT2D eigenvalue weighted by Gasteiger charge is 2.15. The van der Waals surface area contributed by atoms with Crippen LogP contribution in [0.15, 0.2) is 34.7 Å². The average Bonchev–Trinajstić information content (AvgIpc) is 2.74. The normalized spacial score (nSPS) is 12.2. The molecule has 1 aromatic carbocycles. The van der Waals surface area contributed by atoms with Crippen LogP contribution in [0.2, 0.25) is 0 Å². The summed E-state index contributed by atoms with van der Waals surface area (Å²) in [7, 11) is 0. The molecule has 0 fully saturated rings. The largest absolute Gasteiger partial charge is 0.464 e. The molecule has 0 saturated heterocycles. The molecule has 0 aliphatic heterocycles. The van der Waals surface area contributed by atoms with Gasteiger partial charge in [0, 0.05) is 11.6 Å². The number of carbonyl (C=O) groups is 1. The number of hydrogen-bond donors (Lipinski definition) is 1. The second-order valence-electron chi connectivity index (χ2n) is 4.30. The van der Waals surface area contributed by atoms with Gasteiger partial charge in [-0.25, -0.2) is 8.78 Å². The highest BCUT2D eigenvalue weighted by Crippen LogP contribution is 2.16. The van der Waals surface area contributed by atoms with Gasteiger partial charge in [-0.2, -0.15) is 0 Å². The SMILES string of the molecule is Cc1ccc(C(C)NC(=O)c2cc(F)cc(F)c2)o1. The number of halogens is 2. The first kappa shape index (κ1) is 13.3. The maximum absolute atomic E-state index is 13.0. The van der Waals surface area contributed by atoms with E-state index in [9.17, 15) is 13.6 Å². The molecule has 5 heteroatoms. The van der Waals surface area contributed by atoms with Crippen LogP contribution in [0.25, 0.3) is 0 Å². The van der Waals surface area contributed by atoms with E-state index >= 15 is 0 Å². The Morgan fingerprint density at radius 1 is 1.21 bits per heavy atom. The van der Waals surface area contributed by atoms with Crippen LogP contribution in [0.4, 0.5) is 8.78 Å². The number of furan rings is 1. The first-order valence-electron chi connectivity index (χ1n) is 5.79. The number of rotatable bonds is 3. The van der Waals surface area contributed by atoms with Crippen molar-refractivity contribution < 1.29 is 18.0 Å². The minimum Gasteiger partial charge on any atom is -0.464 e. The highest BCUT2D eigenvalue weighted by molar-refractivity contribution is 5.94. The van der Waals surface area contributed by atoms with Gasteiger partial charge in [-0.1, -0.05) is 0 Å². The second kappa shape index (κ2) is 5.22. The standard InChI is InChI=1S/C14H13F2NO2/c1-8-3-4-13(19-8)9(2)17-14(18)10-5-11(15)7-12(16)6-10/h3-7,9H,1-2H3,(H,17,18). The summed E-state index contributed by atoms with van der Waals surface area (Å²) in [6.07, 6.45) is 0. The minimum absolute atomic E-state index is 0.0624. The van der Waals surface area contributed by atoms with Gasteiger partial charge in [-0.15, -0.1) is 0 Å². The van der Waals surface area contributed by atoms with E-state index in [0.717, 1.165) is 24.0 Å². The van der Waals surface area contributed by atoms with Crippen LogP contribution in [-0.4, -0.2) is 5.91 Å². The van der Waals surface area contributed by atoms with Crippen LogP contribution >= 0.6 is 0 Å². The third-order valence-corrected chi connectivity index (χ3v) is 2.66. The molecular weight excluding hydrogens is 252 g/mol. The Labute approximate surface area is 109 Å². The lowest BCUT2D eigenvalue weighted by Gasteiger charge is -2.11. The zero-order valence-electron chi connectivity index (χ0n) is 10.5. The molecule has 1 unspecified atom stereocenters. The molecule has 0 saturated carbocycles. The Bertz CT molecular complexity index is 587. The van der Waals surface area contributed by atoms with Gasteiger partial charge in [0.05, 0.1) is 6.04 Å². The number of amides is 1. The predicted octanol–water partition coefficient (Wildman–Crippen LogP) is 3.36. The van der Waals surface area contributed by atoms with Gasteiger partial charge in [-0.05, 0) is 38.1 Å². The topological polar surface area (TPSA) is 42.2 Å². The molecule has 1 heterocycles. The van der Waals surface area contributed by atoms with Gasteiger partial charge >= 0.3 is 0 Å². The van der Waals surface area contributed by atoms with Crippen molar-refractivity contribution in [3.63, 3.8) is 0 Å². The third-order valence-electron chi connectivity index (χ3n) is 2.66. The number of aryl methyl sites for hydroxylation is 1. The fraction of sp³-hybridized carbons (Fsp3) is 0.214. The van der Waals surface area contributed by atoms with E-state index in [0.29, 0.717) is 5.76 Å². The molecule has 0 aliphatic carbocycles. The second-order valence-corrected chi connectivity index (χ2v) is 4.30. The summed E-state index contributed by atoms with van der Waals surface area (Å²) in [6, 6.07) is 5.83. The zero-order valence-corrected chi connectivity index (χ0v) is 10.5. The number of hydrogen-bond acceptors (Lipinski definition) is 2. The van der Waals surface area contributed by atoms with Gasteiger partial charge in [0.1, 0.15) is 23.2 Å². The average molecular weight is 265 g/mol. The van der Waals surface area contributed by atoms with E-state index in [-0.39, 0.29) is 11.6 Å². The summed E-state index contributed by atoms with van der Waals surface area (Å²) in [6.45, 7) is 3.52. The summed E-state index contributed by atoms with van der Waals surface area (Å²) in [5, 5.41) is 2.61. The molecule has 1 atom stereocenters. The number of carbonyl (C=O) groups excluding carboxylic acids is 1. The molecule has 19 heavy (non-hydrogen) atoms. The van der Waals surface area contributed by atoms with Crippen molar-refractivity contribution in [3.8, 4) is 0 Å². The molecule has 0 spiro atoms. The summed E-state index contributed by atoms with van der Waals surface area (Å²) in [5.74, 6) is -0.811. The molecule has 100 valence electrons. The number of benzene rings is 1. The Morgan fingerprint density at radius 3 is 2.37 bits per heavy atom. The van der Waals surface area contributed by atoms with E-state index in [1.807, 2.05) is 0 Å². The molecule has 0 radical (unpaired) electrons. The summed E-state index contributed by atoms with van der Waals surface area (Å²) >= 11 is 0. The van der Waals surface area contributed by atoms with E-state index in [4.69, 9.17) is 4.42 Å². The van der Waals surface area contributed by atoms with Crippen molar-refractivity contribution in [2.75, 3.05) is 0 Å². The molecule has 0 aliphatic rings. The maximum atomic E-state index is 13.0. The molecular formula is C14H13F2NO2. The molecule has 2 rings (SSSR count). The van der Waals surface area contributed by atoms with Crippen molar-refractivity contribution in [1.29, 1.82) is 0 Å². The molecule has 1 N–H and O–H groups in total. The van der Waals surface area contributed by atoms with Gasteiger partial charge in [0.2, 0.25) is 0 Å². The predicted molar refractivity (Wildman–Crippen MR) is 65.7 cm³/mol. The van der Waals surface area contributed by atoms with Crippen molar-refractivity contribution in [3.05, 3.63) is 59.1 Å². The minimum atomic E-state index is -0.786. The zero-order chi connectivity index (χ0) is 14.0. The first-order chi connectivity index (χ1) is 8.95. The van der Waals surface area contributed by atoms with Crippen LogP contribution in [0.1, 0.15) is 34.8 Å². The van der Waals surface area contributed by atoms with Gasteiger partial charge in [0.15, 0.2) is 0 Å². The summed E-state index contributed by atoms with van der Waals surface area (Å²) < 4.78 is 31.4. The third kappa shape index (κ3) is 3.19. The van der Waals surface area contributed by atoms with Crippen LogP contribution in [0, 0.1) is 18.6 Å². The fourth-order valence-electron chi connectivity index (χ4n) is 1.72. The molecule has 1 aromatic heterocycles. The van der Waals surface area contributed by atoms with Crippen LogP contribution < -0.4 is 5.32 Å². The lowest BCUT2D eigenvalue weighted by molar-refractivity contribution is 0.0934. The lowest BCUT2D eigenvalue weighted by Crippen LogP contribution is -2.26. The van der Waals surface area contributed by atoms with Gasteiger partial charge < -0.3 is 9.73 Å². The Balaban J connectivity index is 2.12. The number of nitrogens with one attached hydrogen (secondary N) is 1. The van der Waals surface area contributed by atoms with Crippen LogP contribution in [0.3, 0.4) is 0 Å². The van der Waals surface area contributed by atoms with E-state index in [1.54, 1.807) is 26.0 Å². The quantitative estimate of drug-likeness (QED) is 0.924. The highest BCUT2D eigenvalue weighted by atomic mass is 19.1. The molecule has 2 aromatic rings. The monoisotopic (exact) mass is 265 g/mol. The smallest absolute Gasteiger partial charge is 0.252 e. The lowest BCUT2D eigenvalue weighted by atomic mass is 10.1. The van der Waals surface area contributed by atoms with Gasteiger partial charge in [-0.3, -0.25) is 4.79 Å². The van der Waals surface area contributed by atoms with Crippen molar-refractivity contribution in [2.45, 2.75) is 19.9 Å². The molecule has 3 nitrogen and oxygen atoms in total. The van der Waals surface area contributed by atoms with E-state index in [2.05, 4.69) is 5.32 Å². The van der Waals surface area contributed by atoms with E-state index < -0.39 is 17.5 Å². The Kier molecular flexibility index (Phi) is 3.64. The fourth-order valence-corrected chi connectivity index (χ4v) is 1.72. The molecule has 1 amide bonds. The maximum Gasteiger partial charge on any atom is 0.252 e. The van der Waals surface area contributed by atoms with Crippen LogP contribution in [-0.2, 0) is 0 Å². The van der Waals surface area contributed by atoms with E-state index in [1.165, 1.54) is 0 Å². The van der Waals surface area contributed by atoms with Crippen LogP contribution in [0.5, 0.6) is 0 Å². The Morgan fingerprint density at radius 2 is 1.84 bits per heavy atom. The van der Waals surface area contributed by atoms with Crippen molar-refractivity contribution in [2.24, 2.45) is 0 Å². The van der Waals surface area contributed by atoms with Crippen molar-refractivity contribution >= 4 is 5.91 Å². The van der Waals surface area contributed by atoms with Gasteiger partial charge in [0.25, 0.3) is 5.91 Å². The Hall–Kier alpha value is -2.17.